The molecule has 104 valence electrons. The number of carboxylic acid groups (broad SMARTS) is 1. The highest BCUT2D eigenvalue weighted by Crippen LogP contribution is 2.36. The first kappa shape index (κ1) is 14.2. The fourth-order valence-corrected chi connectivity index (χ4v) is 2.38. The quantitative estimate of drug-likeness (QED) is 0.904. The van der Waals surface area contributed by atoms with Crippen LogP contribution in [0.5, 0.6) is 5.75 Å². The third-order valence-corrected chi connectivity index (χ3v) is 3.79. The molecule has 2 rings (SSSR count). The molecule has 0 radical (unpaired) electrons. The summed E-state index contributed by atoms with van der Waals surface area (Å²) in [5.74, 6) is -3.26. The van der Waals surface area contributed by atoms with Crippen LogP contribution >= 0.6 is 15.9 Å². The molecule has 0 heterocycles. The van der Waals surface area contributed by atoms with E-state index in [1.54, 1.807) is 6.07 Å². The van der Waals surface area contributed by atoms with Gasteiger partial charge in [0.25, 0.3) is 0 Å². The van der Waals surface area contributed by atoms with Gasteiger partial charge in [-0.2, -0.15) is 0 Å². The zero-order chi connectivity index (χ0) is 14.0. The Kier molecular flexibility index (Phi) is 4.08. The van der Waals surface area contributed by atoms with Crippen LogP contribution in [-0.2, 0) is 0 Å². The number of hydrogen-bond acceptors (Lipinski definition) is 2. The van der Waals surface area contributed by atoms with Crippen LogP contribution in [0.3, 0.4) is 0 Å². The molecule has 0 saturated heterocycles. The van der Waals surface area contributed by atoms with Gasteiger partial charge in [-0.25, -0.2) is 13.6 Å². The molecular formula is C13H13BrF2O3. The van der Waals surface area contributed by atoms with Crippen molar-refractivity contribution in [3.63, 3.8) is 0 Å². The third-order valence-electron chi connectivity index (χ3n) is 3.14. The average molecular weight is 335 g/mol. The molecule has 3 nitrogen and oxygen atoms in total. The van der Waals surface area contributed by atoms with Gasteiger partial charge in [0.2, 0.25) is 5.92 Å². The number of alkyl halides is 2. The van der Waals surface area contributed by atoms with Crippen molar-refractivity contribution in [2.24, 2.45) is 0 Å². The Morgan fingerprint density at radius 1 is 1.37 bits per heavy atom. The van der Waals surface area contributed by atoms with Crippen LogP contribution in [0.4, 0.5) is 8.78 Å². The summed E-state index contributed by atoms with van der Waals surface area (Å²) < 4.78 is 32.3. The minimum Gasteiger partial charge on any atom is -0.489 e. The van der Waals surface area contributed by atoms with Crippen molar-refractivity contribution in [1.29, 1.82) is 0 Å². The Hall–Kier alpha value is -1.17. The highest BCUT2D eigenvalue weighted by atomic mass is 79.9. The van der Waals surface area contributed by atoms with Crippen LogP contribution in [0.15, 0.2) is 22.7 Å². The number of ether oxygens (including phenoxy) is 1. The molecular weight excluding hydrogens is 322 g/mol. The fourth-order valence-electron chi connectivity index (χ4n) is 2.04. The zero-order valence-electron chi connectivity index (χ0n) is 10.0. The number of halogens is 3. The number of carbonyl (C=O) groups is 1. The van der Waals surface area contributed by atoms with Crippen molar-refractivity contribution < 1.29 is 23.4 Å². The Morgan fingerprint density at radius 3 is 2.58 bits per heavy atom. The maximum Gasteiger partial charge on any atom is 0.335 e. The predicted octanol–water partition coefficient (Wildman–Crippen LogP) is 4.10. The minimum absolute atomic E-state index is 0.110. The van der Waals surface area contributed by atoms with Gasteiger partial charge >= 0.3 is 5.97 Å². The van der Waals surface area contributed by atoms with Crippen LogP contribution in [0.25, 0.3) is 0 Å². The summed E-state index contributed by atoms with van der Waals surface area (Å²) >= 11 is 3.26. The van der Waals surface area contributed by atoms with E-state index in [0.717, 1.165) is 0 Å². The van der Waals surface area contributed by atoms with Gasteiger partial charge in [-0.15, -0.1) is 0 Å². The molecule has 0 spiro atoms. The number of benzene rings is 1. The average Bonchev–Trinajstić information content (AvgIpc) is 2.34. The summed E-state index contributed by atoms with van der Waals surface area (Å²) in [6.45, 7) is 0. The van der Waals surface area contributed by atoms with Gasteiger partial charge in [-0.1, -0.05) is 0 Å². The van der Waals surface area contributed by atoms with Crippen molar-refractivity contribution in [3.8, 4) is 5.75 Å². The first-order valence-corrected chi connectivity index (χ1v) is 6.74. The lowest BCUT2D eigenvalue weighted by Crippen LogP contribution is -2.30. The standard InChI is InChI=1S/C13H13BrF2O3/c14-10-2-1-8(12(17)18)7-11(10)19-9-3-5-13(15,16)6-4-9/h1-2,7,9H,3-6H2,(H,17,18). The first-order valence-electron chi connectivity index (χ1n) is 5.95. The number of rotatable bonds is 3. The highest BCUT2D eigenvalue weighted by molar-refractivity contribution is 9.10. The van der Waals surface area contributed by atoms with E-state index in [2.05, 4.69) is 15.9 Å². The molecule has 1 fully saturated rings. The highest BCUT2D eigenvalue weighted by Gasteiger charge is 2.35. The molecule has 1 aromatic rings. The molecule has 0 aliphatic heterocycles. The van der Waals surface area contributed by atoms with Crippen molar-refractivity contribution in [2.45, 2.75) is 37.7 Å². The van der Waals surface area contributed by atoms with Crippen molar-refractivity contribution in [1.82, 2.24) is 0 Å². The number of hydrogen-bond donors (Lipinski definition) is 1. The second-order valence-electron chi connectivity index (χ2n) is 4.62. The lowest BCUT2D eigenvalue weighted by Gasteiger charge is -2.29. The second kappa shape index (κ2) is 5.45. The Labute approximate surface area is 117 Å². The molecule has 6 heteroatoms. The van der Waals surface area contributed by atoms with Crippen molar-refractivity contribution in [3.05, 3.63) is 28.2 Å². The van der Waals surface area contributed by atoms with E-state index in [1.807, 2.05) is 0 Å². The molecule has 1 saturated carbocycles. The zero-order valence-corrected chi connectivity index (χ0v) is 11.6. The van der Waals surface area contributed by atoms with Gasteiger partial charge in [-0.3, -0.25) is 0 Å². The number of aromatic carboxylic acids is 1. The fraction of sp³-hybridized carbons (Fsp3) is 0.462. The van der Waals surface area contributed by atoms with Crippen molar-refractivity contribution >= 4 is 21.9 Å². The smallest absolute Gasteiger partial charge is 0.335 e. The van der Waals surface area contributed by atoms with Crippen LogP contribution in [0, 0.1) is 0 Å². The Bertz CT molecular complexity index is 481. The molecule has 0 amide bonds. The molecule has 0 bridgehead atoms. The summed E-state index contributed by atoms with van der Waals surface area (Å²) in [6, 6.07) is 4.43. The molecule has 0 unspecified atom stereocenters. The molecule has 1 aliphatic rings. The molecule has 1 N–H and O–H groups in total. The largest absolute Gasteiger partial charge is 0.489 e. The van der Waals surface area contributed by atoms with Crippen LogP contribution in [-0.4, -0.2) is 23.1 Å². The van der Waals surface area contributed by atoms with Gasteiger partial charge in [0.05, 0.1) is 16.1 Å². The van der Waals surface area contributed by atoms with E-state index in [1.165, 1.54) is 12.1 Å². The van der Waals surface area contributed by atoms with E-state index in [0.29, 0.717) is 10.2 Å². The van der Waals surface area contributed by atoms with Gasteiger partial charge < -0.3 is 9.84 Å². The van der Waals surface area contributed by atoms with Crippen LogP contribution in [0.1, 0.15) is 36.0 Å². The SMILES string of the molecule is O=C(O)c1ccc(Br)c(OC2CCC(F)(F)CC2)c1. The van der Waals surface area contributed by atoms with Gasteiger partial charge in [0.1, 0.15) is 5.75 Å². The molecule has 1 aromatic carbocycles. The summed E-state index contributed by atoms with van der Waals surface area (Å²) in [6.07, 6.45) is -0.116. The molecule has 0 aromatic heterocycles. The second-order valence-corrected chi connectivity index (χ2v) is 5.48. The predicted molar refractivity (Wildman–Crippen MR) is 68.9 cm³/mol. The van der Waals surface area contributed by atoms with Crippen LogP contribution < -0.4 is 4.74 Å². The van der Waals surface area contributed by atoms with E-state index in [-0.39, 0.29) is 37.4 Å². The van der Waals surface area contributed by atoms with Gasteiger partial charge in [0, 0.05) is 12.8 Å². The molecule has 1 aliphatic carbocycles. The van der Waals surface area contributed by atoms with Gasteiger partial charge in [-0.05, 0) is 47.0 Å². The van der Waals surface area contributed by atoms with Gasteiger partial charge in [0.15, 0.2) is 0 Å². The monoisotopic (exact) mass is 334 g/mol. The summed E-state index contributed by atoms with van der Waals surface area (Å²) in [5, 5.41) is 8.90. The Balaban J connectivity index is 2.07. The maximum atomic E-state index is 13.0. The summed E-state index contributed by atoms with van der Waals surface area (Å²) in [4.78, 5) is 10.9. The first-order chi connectivity index (χ1) is 8.87. The molecule has 19 heavy (non-hydrogen) atoms. The number of carboxylic acids is 1. The third kappa shape index (κ3) is 3.65. The van der Waals surface area contributed by atoms with E-state index in [4.69, 9.17) is 9.84 Å². The summed E-state index contributed by atoms with van der Waals surface area (Å²) in [7, 11) is 0. The lowest BCUT2D eigenvalue weighted by molar-refractivity contribution is -0.0583. The van der Waals surface area contributed by atoms with E-state index in [9.17, 15) is 13.6 Å². The van der Waals surface area contributed by atoms with E-state index >= 15 is 0 Å². The van der Waals surface area contributed by atoms with E-state index < -0.39 is 11.9 Å². The van der Waals surface area contributed by atoms with Crippen molar-refractivity contribution in [2.75, 3.05) is 0 Å². The Morgan fingerprint density at radius 2 is 2.00 bits per heavy atom. The topological polar surface area (TPSA) is 46.5 Å². The summed E-state index contributed by atoms with van der Waals surface area (Å²) in [5.41, 5.74) is 0.110. The molecule has 0 atom stereocenters. The lowest BCUT2D eigenvalue weighted by atomic mass is 9.94. The normalized spacial score (nSPS) is 19.1. The minimum atomic E-state index is -2.60. The maximum absolute atomic E-state index is 13.0. The van der Waals surface area contributed by atoms with Crippen LogP contribution in [0.2, 0.25) is 0 Å².